The number of hydrogen-bond acceptors (Lipinski definition) is 0. The van der Waals surface area contributed by atoms with Gasteiger partial charge in [0.25, 0.3) is 0 Å². The van der Waals surface area contributed by atoms with E-state index in [4.69, 9.17) is 0 Å². The van der Waals surface area contributed by atoms with E-state index in [0.29, 0.717) is 0 Å². The highest BCUT2D eigenvalue weighted by Crippen LogP contribution is 2.29. The number of benzene rings is 1. The van der Waals surface area contributed by atoms with Gasteiger partial charge in [-0.05, 0) is 30.7 Å². The van der Waals surface area contributed by atoms with Crippen LogP contribution < -0.4 is 0 Å². The Bertz CT molecular complexity index is 482. The predicted molar refractivity (Wildman–Crippen MR) is 61.6 cm³/mol. The second-order valence-electron chi connectivity index (χ2n) is 4.65. The van der Waals surface area contributed by atoms with Crippen molar-refractivity contribution in [3.05, 3.63) is 35.8 Å². The maximum absolute atomic E-state index is 13.0. The van der Waals surface area contributed by atoms with Crippen LogP contribution in [0.3, 0.4) is 0 Å². The molecule has 1 aromatic heterocycles. The monoisotopic (exact) mass is 205 g/mol. The Labute approximate surface area is 89.3 Å². The van der Waals surface area contributed by atoms with Crippen LogP contribution in [0.5, 0.6) is 0 Å². The van der Waals surface area contributed by atoms with Gasteiger partial charge in [0.05, 0.1) is 0 Å². The molecule has 2 aromatic rings. The minimum absolute atomic E-state index is 0.121. The van der Waals surface area contributed by atoms with E-state index in [9.17, 15) is 4.39 Å². The van der Waals surface area contributed by atoms with Crippen molar-refractivity contribution in [3.63, 3.8) is 0 Å². The first-order valence-electron chi connectivity index (χ1n) is 5.32. The molecule has 0 bridgehead atoms. The van der Waals surface area contributed by atoms with Crippen LogP contribution in [-0.2, 0) is 5.41 Å². The third-order valence-electron chi connectivity index (χ3n) is 3.20. The summed E-state index contributed by atoms with van der Waals surface area (Å²) in [5, 5.41) is 0.950. The molecule has 0 amide bonds. The molecule has 0 saturated carbocycles. The second kappa shape index (κ2) is 3.37. The molecule has 2 rings (SSSR count). The van der Waals surface area contributed by atoms with E-state index in [0.717, 1.165) is 17.3 Å². The molecular weight excluding hydrogens is 189 g/mol. The smallest absolute Gasteiger partial charge is 0.123 e. The minimum atomic E-state index is -0.178. The van der Waals surface area contributed by atoms with Crippen LogP contribution in [-0.4, -0.2) is 4.98 Å². The van der Waals surface area contributed by atoms with Crippen molar-refractivity contribution in [2.24, 2.45) is 0 Å². The van der Waals surface area contributed by atoms with Crippen LogP contribution in [0.1, 0.15) is 32.9 Å². The predicted octanol–water partition coefficient (Wildman–Crippen LogP) is 3.99. The summed E-state index contributed by atoms with van der Waals surface area (Å²) in [6.07, 6.45) is 1.06. The van der Waals surface area contributed by atoms with Crippen molar-refractivity contribution in [1.82, 2.24) is 4.98 Å². The molecule has 1 aromatic carbocycles. The van der Waals surface area contributed by atoms with Gasteiger partial charge in [0.2, 0.25) is 0 Å². The molecule has 0 saturated heterocycles. The van der Waals surface area contributed by atoms with Gasteiger partial charge >= 0.3 is 0 Å². The molecule has 0 radical (unpaired) electrons. The van der Waals surface area contributed by atoms with Gasteiger partial charge in [0, 0.05) is 22.0 Å². The van der Waals surface area contributed by atoms with Crippen LogP contribution in [0.15, 0.2) is 24.3 Å². The third kappa shape index (κ3) is 1.76. The fraction of sp³-hybridized carbons (Fsp3) is 0.385. The number of halogens is 1. The van der Waals surface area contributed by atoms with E-state index in [1.807, 2.05) is 6.07 Å². The summed E-state index contributed by atoms with van der Waals surface area (Å²) in [5.74, 6) is -0.178. The summed E-state index contributed by atoms with van der Waals surface area (Å²) in [6, 6.07) is 6.89. The fourth-order valence-corrected chi connectivity index (χ4v) is 1.66. The number of fused-ring (bicyclic) bond motifs is 1. The Morgan fingerprint density at radius 2 is 2.00 bits per heavy atom. The number of aromatic nitrogens is 1. The molecule has 1 N–H and O–H groups in total. The van der Waals surface area contributed by atoms with Crippen molar-refractivity contribution in [2.45, 2.75) is 32.6 Å². The highest BCUT2D eigenvalue weighted by Gasteiger charge is 2.20. The summed E-state index contributed by atoms with van der Waals surface area (Å²) in [7, 11) is 0. The topological polar surface area (TPSA) is 15.8 Å². The van der Waals surface area contributed by atoms with Gasteiger partial charge in [0.1, 0.15) is 5.82 Å². The number of nitrogens with one attached hydrogen (secondary N) is 1. The second-order valence-corrected chi connectivity index (χ2v) is 4.65. The Morgan fingerprint density at radius 3 is 2.67 bits per heavy atom. The molecule has 0 aliphatic carbocycles. The van der Waals surface area contributed by atoms with E-state index in [-0.39, 0.29) is 11.2 Å². The molecule has 1 nitrogen and oxygen atoms in total. The molecule has 0 aliphatic rings. The van der Waals surface area contributed by atoms with Crippen LogP contribution >= 0.6 is 0 Å². The van der Waals surface area contributed by atoms with Gasteiger partial charge in [-0.2, -0.15) is 0 Å². The average molecular weight is 205 g/mol. The number of H-pyrrole nitrogens is 1. The Balaban J connectivity index is 2.56. The molecule has 2 heteroatoms. The lowest BCUT2D eigenvalue weighted by Gasteiger charge is -2.20. The van der Waals surface area contributed by atoms with Crippen LogP contribution in [0.25, 0.3) is 10.9 Å². The first-order valence-corrected chi connectivity index (χ1v) is 5.32. The van der Waals surface area contributed by atoms with Gasteiger partial charge < -0.3 is 4.98 Å². The molecule has 80 valence electrons. The zero-order valence-corrected chi connectivity index (χ0v) is 9.39. The Morgan fingerprint density at radius 1 is 1.27 bits per heavy atom. The molecule has 0 fully saturated rings. The lowest BCUT2D eigenvalue weighted by molar-refractivity contribution is 0.494. The summed E-state index contributed by atoms with van der Waals surface area (Å²) >= 11 is 0. The molecule has 0 atom stereocenters. The third-order valence-corrected chi connectivity index (χ3v) is 3.20. The summed E-state index contributed by atoms with van der Waals surface area (Å²) in [5.41, 5.74) is 2.30. The standard InChI is InChI=1S/C13H16FN/c1-4-13(2,3)12-8-9-7-10(14)5-6-11(9)15-12/h5-8,15H,4H2,1-3H3. The highest BCUT2D eigenvalue weighted by molar-refractivity contribution is 5.80. The number of rotatable bonds is 2. The highest BCUT2D eigenvalue weighted by atomic mass is 19.1. The molecule has 15 heavy (non-hydrogen) atoms. The van der Waals surface area contributed by atoms with Crippen molar-refractivity contribution < 1.29 is 4.39 Å². The lowest BCUT2D eigenvalue weighted by atomic mass is 9.86. The average Bonchev–Trinajstić information content (AvgIpc) is 2.61. The van der Waals surface area contributed by atoms with Gasteiger partial charge in [-0.15, -0.1) is 0 Å². The van der Waals surface area contributed by atoms with E-state index in [1.54, 1.807) is 12.1 Å². The normalized spacial score (nSPS) is 12.3. The molecule has 0 spiro atoms. The lowest BCUT2D eigenvalue weighted by Crippen LogP contribution is -2.15. The SMILES string of the molecule is CCC(C)(C)c1cc2cc(F)ccc2[nH]1. The first kappa shape index (κ1) is 10.2. The van der Waals surface area contributed by atoms with Crippen LogP contribution in [0, 0.1) is 5.82 Å². The molecule has 0 unspecified atom stereocenters. The summed E-state index contributed by atoms with van der Waals surface area (Å²) < 4.78 is 13.0. The maximum Gasteiger partial charge on any atom is 0.123 e. The van der Waals surface area contributed by atoms with Crippen LogP contribution in [0.2, 0.25) is 0 Å². The Kier molecular flexibility index (Phi) is 2.29. The molecule has 0 aliphatic heterocycles. The summed E-state index contributed by atoms with van der Waals surface area (Å²) in [4.78, 5) is 3.35. The van der Waals surface area contributed by atoms with Gasteiger partial charge in [-0.3, -0.25) is 0 Å². The van der Waals surface area contributed by atoms with E-state index >= 15 is 0 Å². The van der Waals surface area contributed by atoms with E-state index < -0.39 is 0 Å². The zero-order chi connectivity index (χ0) is 11.1. The maximum atomic E-state index is 13.0. The molecule has 1 heterocycles. The van der Waals surface area contributed by atoms with Crippen LogP contribution in [0.4, 0.5) is 4.39 Å². The number of aromatic amines is 1. The largest absolute Gasteiger partial charge is 0.358 e. The quantitative estimate of drug-likeness (QED) is 0.762. The van der Waals surface area contributed by atoms with E-state index in [1.165, 1.54) is 11.8 Å². The van der Waals surface area contributed by atoms with Crippen molar-refractivity contribution >= 4 is 10.9 Å². The van der Waals surface area contributed by atoms with Gasteiger partial charge in [0.15, 0.2) is 0 Å². The Hall–Kier alpha value is -1.31. The zero-order valence-electron chi connectivity index (χ0n) is 9.39. The van der Waals surface area contributed by atoms with Crippen molar-refractivity contribution in [3.8, 4) is 0 Å². The fourth-order valence-electron chi connectivity index (χ4n) is 1.66. The van der Waals surface area contributed by atoms with Gasteiger partial charge in [-0.25, -0.2) is 4.39 Å². The van der Waals surface area contributed by atoms with Crippen molar-refractivity contribution in [2.75, 3.05) is 0 Å². The van der Waals surface area contributed by atoms with Gasteiger partial charge in [-0.1, -0.05) is 20.8 Å². The summed E-state index contributed by atoms with van der Waals surface area (Å²) in [6.45, 7) is 6.54. The first-order chi connectivity index (χ1) is 7.03. The minimum Gasteiger partial charge on any atom is -0.358 e. The van der Waals surface area contributed by atoms with Crippen molar-refractivity contribution in [1.29, 1.82) is 0 Å². The molecular formula is C13H16FN. The number of hydrogen-bond donors (Lipinski definition) is 1. The van der Waals surface area contributed by atoms with E-state index in [2.05, 4.69) is 25.8 Å².